The van der Waals surface area contributed by atoms with Crippen molar-refractivity contribution in [3.63, 3.8) is 0 Å². The number of amides is 1. The van der Waals surface area contributed by atoms with Crippen LogP contribution in [0.25, 0.3) is 10.2 Å². The highest BCUT2D eigenvalue weighted by Gasteiger charge is 2.34. The lowest BCUT2D eigenvalue weighted by molar-refractivity contribution is 0.0634. The van der Waals surface area contributed by atoms with Crippen LogP contribution < -0.4 is 0 Å². The lowest BCUT2D eigenvalue weighted by Crippen LogP contribution is -2.42. The molecule has 0 aliphatic heterocycles. The van der Waals surface area contributed by atoms with Crippen molar-refractivity contribution in [2.24, 2.45) is 16.7 Å². The molecule has 2 aromatic heterocycles. The van der Waals surface area contributed by atoms with Gasteiger partial charge in [0.05, 0.1) is 26.5 Å². The third-order valence-corrected chi connectivity index (χ3v) is 7.58. The fourth-order valence-corrected chi connectivity index (χ4v) is 5.09. The minimum atomic E-state index is -0.101. The number of nitrogens with zero attached hydrogens (tertiary/aromatic N) is 1. The SMILES string of the molecule is CC(N(C)C(=O)c1cc2[nH]c(C(=N)C3CCC(C)(C)CC3=N)cc2s1)C(C)(C)C. The first-order valence-corrected chi connectivity index (χ1v) is 11.2. The van der Waals surface area contributed by atoms with Crippen LogP contribution in [-0.2, 0) is 0 Å². The van der Waals surface area contributed by atoms with Gasteiger partial charge in [0, 0.05) is 24.7 Å². The molecule has 3 rings (SSSR count). The van der Waals surface area contributed by atoms with Crippen molar-refractivity contribution < 1.29 is 4.79 Å². The fourth-order valence-electron chi connectivity index (χ4n) is 4.05. The topological polar surface area (TPSA) is 83.8 Å². The Bertz CT molecular complexity index is 928. The average Bonchev–Trinajstić information content (AvgIpc) is 3.16. The highest BCUT2D eigenvalue weighted by Crippen LogP contribution is 2.38. The summed E-state index contributed by atoms with van der Waals surface area (Å²) in [5.41, 5.74) is 3.02. The average molecular weight is 415 g/mol. The molecule has 1 saturated carbocycles. The van der Waals surface area contributed by atoms with E-state index in [0.29, 0.717) is 11.4 Å². The van der Waals surface area contributed by atoms with E-state index < -0.39 is 0 Å². The van der Waals surface area contributed by atoms with E-state index in [4.69, 9.17) is 10.8 Å². The minimum Gasteiger partial charge on any atom is -0.353 e. The van der Waals surface area contributed by atoms with Crippen LogP contribution in [0.4, 0.5) is 0 Å². The molecule has 2 atom stereocenters. The summed E-state index contributed by atoms with van der Waals surface area (Å²) >= 11 is 1.47. The molecule has 1 aliphatic rings. The summed E-state index contributed by atoms with van der Waals surface area (Å²) in [5.74, 6) is -0.0643. The molecule has 6 heteroatoms. The normalized spacial score (nSPS) is 20.7. The molecular weight excluding hydrogens is 380 g/mol. The maximum absolute atomic E-state index is 12.9. The molecule has 0 radical (unpaired) electrons. The minimum absolute atomic E-state index is 0.0177. The number of hydrogen-bond acceptors (Lipinski definition) is 4. The van der Waals surface area contributed by atoms with E-state index >= 15 is 0 Å². The van der Waals surface area contributed by atoms with Gasteiger partial charge in [0.2, 0.25) is 0 Å². The third-order valence-electron chi connectivity index (χ3n) is 6.51. The monoisotopic (exact) mass is 414 g/mol. The third kappa shape index (κ3) is 4.32. The number of nitrogens with one attached hydrogen (secondary N) is 3. The van der Waals surface area contributed by atoms with Gasteiger partial charge in [-0.05, 0) is 49.1 Å². The number of fused-ring (bicyclic) bond motifs is 1. The molecule has 1 fully saturated rings. The van der Waals surface area contributed by atoms with Gasteiger partial charge >= 0.3 is 0 Å². The Balaban J connectivity index is 1.78. The van der Waals surface area contributed by atoms with Crippen molar-refractivity contribution in [2.75, 3.05) is 7.05 Å². The first-order valence-electron chi connectivity index (χ1n) is 10.4. The van der Waals surface area contributed by atoms with Crippen molar-refractivity contribution in [3.8, 4) is 0 Å². The van der Waals surface area contributed by atoms with Crippen molar-refractivity contribution in [2.45, 2.75) is 66.8 Å². The van der Waals surface area contributed by atoms with Crippen LogP contribution >= 0.6 is 11.3 Å². The van der Waals surface area contributed by atoms with Crippen molar-refractivity contribution >= 4 is 38.9 Å². The Morgan fingerprint density at radius 3 is 2.55 bits per heavy atom. The molecule has 0 aromatic carbocycles. The number of carbonyl (C=O) groups excluding carboxylic acids is 1. The number of aromatic nitrogens is 1. The molecule has 0 bridgehead atoms. The summed E-state index contributed by atoms with van der Waals surface area (Å²) in [6.45, 7) is 12.9. The van der Waals surface area contributed by atoms with Crippen molar-refractivity contribution in [3.05, 3.63) is 22.7 Å². The number of thiophene rings is 1. The largest absolute Gasteiger partial charge is 0.353 e. The first kappa shape index (κ1) is 21.8. The molecule has 1 amide bonds. The summed E-state index contributed by atoms with van der Waals surface area (Å²) in [7, 11) is 1.86. The van der Waals surface area contributed by atoms with Crippen molar-refractivity contribution in [1.82, 2.24) is 9.88 Å². The Kier molecular flexibility index (Phi) is 5.54. The van der Waals surface area contributed by atoms with Crippen LogP contribution in [0.1, 0.15) is 76.2 Å². The maximum Gasteiger partial charge on any atom is 0.264 e. The molecule has 2 heterocycles. The molecule has 29 heavy (non-hydrogen) atoms. The van der Waals surface area contributed by atoms with Crippen LogP contribution in [0.15, 0.2) is 12.1 Å². The molecule has 0 spiro atoms. The maximum atomic E-state index is 12.9. The number of carbonyl (C=O) groups is 1. The predicted octanol–water partition coefficient (Wildman–Crippen LogP) is 5.95. The highest BCUT2D eigenvalue weighted by atomic mass is 32.1. The van der Waals surface area contributed by atoms with E-state index in [0.717, 1.165) is 40.1 Å². The van der Waals surface area contributed by atoms with E-state index in [9.17, 15) is 4.79 Å². The van der Waals surface area contributed by atoms with E-state index in [1.165, 1.54) is 11.3 Å². The quantitative estimate of drug-likeness (QED) is 0.531. The second kappa shape index (κ2) is 7.38. The van der Waals surface area contributed by atoms with E-state index in [2.05, 4.69) is 46.5 Å². The van der Waals surface area contributed by atoms with Gasteiger partial charge in [-0.25, -0.2) is 0 Å². The Morgan fingerprint density at radius 1 is 1.34 bits per heavy atom. The van der Waals surface area contributed by atoms with Crippen LogP contribution in [0.3, 0.4) is 0 Å². The summed E-state index contributed by atoms with van der Waals surface area (Å²) < 4.78 is 0.993. The summed E-state index contributed by atoms with van der Waals surface area (Å²) in [6.07, 6.45) is 2.65. The summed E-state index contributed by atoms with van der Waals surface area (Å²) in [5, 5.41) is 17.0. The van der Waals surface area contributed by atoms with E-state index in [1.807, 2.05) is 24.1 Å². The summed E-state index contributed by atoms with van der Waals surface area (Å²) in [6, 6.07) is 4.00. The van der Waals surface area contributed by atoms with Crippen LogP contribution in [-0.4, -0.2) is 40.3 Å². The van der Waals surface area contributed by atoms with Crippen LogP contribution in [0.2, 0.25) is 0 Å². The first-order chi connectivity index (χ1) is 13.3. The van der Waals surface area contributed by atoms with Gasteiger partial charge in [0.25, 0.3) is 5.91 Å². The molecule has 0 saturated heterocycles. The molecular formula is C23H34N4OS. The Morgan fingerprint density at radius 2 is 2.00 bits per heavy atom. The smallest absolute Gasteiger partial charge is 0.264 e. The molecule has 1 aliphatic carbocycles. The number of rotatable bonds is 4. The van der Waals surface area contributed by atoms with Gasteiger partial charge < -0.3 is 20.7 Å². The van der Waals surface area contributed by atoms with Gasteiger partial charge in [-0.3, -0.25) is 4.79 Å². The van der Waals surface area contributed by atoms with Crippen molar-refractivity contribution in [1.29, 1.82) is 10.8 Å². The lowest BCUT2D eigenvalue weighted by Gasteiger charge is -2.35. The van der Waals surface area contributed by atoms with E-state index in [-0.39, 0.29) is 28.7 Å². The number of hydrogen-bond donors (Lipinski definition) is 3. The number of aromatic amines is 1. The van der Waals surface area contributed by atoms with Crippen LogP contribution in [0, 0.1) is 27.6 Å². The molecule has 158 valence electrons. The van der Waals surface area contributed by atoms with Gasteiger partial charge in [0.15, 0.2) is 0 Å². The zero-order valence-electron chi connectivity index (χ0n) is 18.7. The second-order valence-electron chi connectivity index (χ2n) is 10.4. The Labute approximate surface area is 177 Å². The second-order valence-corrected chi connectivity index (χ2v) is 11.5. The zero-order valence-corrected chi connectivity index (χ0v) is 19.5. The Hall–Kier alpha value is -1.95. The van der Waals surface area contributed by atoms with E-state index in [1.54, 1.807) is 0 Å². The molecule has 2 aromatic rings. The summed E-state index contributed by atoms with van der Waals surface area (Å²) in [4.78, 5) is 18.8. The zero-order chi connectivity index (χ0) is 21.7. The van der Waals surface area contributed by atoms with Crippen LogP contribution in [0.5, 0.6) is 0 Å². The van der Waals surface area contributed by atoms with Gasteiger partial charge in [0.1, 0.15) is 0 Å². The van der Waals surface area contributed by atoms with Gasteiger partial charge in [-0.2, -0.15) is 0 Å². The van der Waals surface area contributed by atoms with Gasteiger partial charge in [-0.15, -0.1) is 11.3 Å². The standard InChI is InChI=1S/C23H34N4OS/c1-13(22(2,3)4)27(7)21(28)19-10-16-18(29-19)11-17(26-16)20(25)14-8-9-23(5,6)12-15(14)24/h10-11,13-14,24-26H,8-9,12H2,1-7H3. The molecule has 2 unspecified atom stereocenters. The fraction of sp³-hybridized carbons (Fsp3) is 0.609. The molecule has 3 N–H and O–H groups in total. The lowest BCUT2D eigenvalue weighted by atomic mass is 9.70. The molecule has 5 nitrogen and oxygen atoms in total. The number of H-pyrrole nitrogens is 1. The predicted molar refractivity (Wildman–Crippen MR) is 123 cm³/mol. The highest BCUT2D eigenvalue weighted by molar-refractivity contribution is 7.20. The van der Waals surface area contributed by atoms with Gasteiger partial charge in [-0.1, -0.05) is 34.6 Å².